The number of fused-ring (bicyclic) bond motifs is 1. The van der Waals surface area contributed by atoms with Crippen molar-refractivity contribution >= 4 is 27.3 Å². The minimum atomic E-state index is -3.69. The number of amides is 1. The topological polar surface area (TPSA) is 66.5 Å². The van der Waals surface area contributed by atoms with E-state index in [0.29, 0.717) is 12.1 Å². The van der Waals surface area contributed by atoms with Crippen LogP contribution in [0.3, 0.4) is 0 Å². The summed E-state index contributed by atoms with van der Waals surface area (Å²) in [6.45, 7) is 5.87. The largest absolute Gasteiger partial charge is 0.309 e. The van der Waals surface area contributed by atoms with Crippen LogP contribution in [-0.4, -0.2) is 20.4 Å². The van der Waals surface area contributed by atoms with Crippen LogP contribution in [0, 0.1) is 19.8 Å². The fourth-order valence-electron chi connectivity index (χ4n) is 3.70. The van der Waals surface area contributed by atoms with Crippen LogP contribution >= 0.6 is 0 Å². The molecule has 2 aromatic carbocycles. The molecule has 0 saturated heterocycles. The highest BCUT2D eigenvalue weighted by atomic mass is 32.2. The van der Waals surface area contributed by atoms with Gasteiger partial charge in [-0.25, -0.2) is 8.42 Å². The molecule has 0 spiro atoms. The molecule has 1 heterocycles. The third-order valence-corrected chi connectivity index (χ3v) is 6.95. The second kappa shape index (κ2) is 6.37. The van der Waals surface area contributed by atoms with Gasteiger partial charge in [0.25, 0.3) is 10.0 Å². The number of nitrogens with one attached hydrogen (secondary N) is 1. The molecule has 2 aliphatic rings. The minimum absolute atomic E-state index is 0.0676. The lowest BCUT2D eigenvalue weighted by atomic mass is 10.1. The Morgan fingerprint density at radius 3 is 2.59 bits per heavy atom. The number of aryl methyl sites for hydroxylation is 1. The van der Waals surface area contributed by atoms with Crippen LogP contribution in [0.4, 0.5) is 11.4 Å². The zero-order valence-electron chi connectivity index (χ0n) is 15.8. The van der Waals surface area contributed by atoms with E-state index in [9.17, 15) is 13.2 Å². The first kappa shape index (κ1) is 18.0. The highest BCUT2D eigenvalue weighted by molar-refractivity contribution is 7.92. The molecule has 1 aliphatic heterocycles. The van der Waals surface area contributed by atoms with Gasteiger partial charge in [-0.2, -0.15) is 0 Å². The number of sulfonamides is 1. The number of carbonyl (C=O) groups excluding carboxylic acids is 1. The molecular weight excluding hydrogens is 360 g/mol. The maximum Gasteiger partial charge on any atom is 0.261 e. The van der Waals surface area contributed by atoms with Crippen molar-refractivity contribution in [1.29, 1.82) is 0 Å². The summed E-state index contributed by atoms with van der Waals surface area (Å²) in [7, 11) is -3.69. The predicted molar refractivity (Wildman–Crippen MR) is 107 cm³/mol. The van der Waals surface area contributed by atoms with E-state index in [1.807, 2.05) is 37.8 Å². The Labute approximate surface area is 160 Å². The normalized spacial score (nSPS) is 19.1. The van der Waals surface area contributed by atoms with Gasteiger partial charge in [0.1, 0.15) is 0 Å². The van der Waals surface area contributed by atoms with Gasteiger partial charge in [0, 0.05) is 17.6 Å². The third-order valence-electron chi connectivity index (χ3n) is 5.59. The Hall–Kier alpha value is -2.34. The standard InChI is InChI=1S/C21H24N2O3S/c1-13-5-4-6-19(15(13)3)22-27(25,26)18-9-10-20-17(12-18)11-14(2)23(20)21(24)16-7-8-16/h4-6,9-10,12,14,16,22H,7-8,11H2,1-3H3. The lowest BCUT2D eigenvalue weighted by Crippen LogP contribution is -2.36. The highest BCUT2D eigenvalue weighted by Gasteiger charge is 2.39. The van der Waals surface area contributed by atoms with Gasteiger partial charge in [-0.1, -0.05) is 12.1 Å². The molecule has 1 unspecified atom stereocenters. The van der Waals surface area contributed by atoms with Gasteiger partial charge in [0.05, 0.1) is 10.6 Å². The van der Waals surface area contributed by atoms with Crippen molar-refractivity contribution in [3.8, 4) is 0 Å². The second-order valence-corrected chi connectivity index (χ2v) is 9.36. The van der Waals surface area contributed by atoms with E-state index in [0.717, 1.165) is 35.2 Å². The summed E-state index contributed by atoms with van der Waals surface area (Å²) in [5.41, 5.74) is 4.31. The summed E-state index contributed by atoms with van der Waals surface area (Å²) in [5, 5.41) is 0. The maximum absolute atomic E-state index is 12.9. The van der Waals surface area contributed by atoms with E-state index in [-0.39, 0.29) is 22.8 Å². The average Bonchev–Trinajstić information content (AvgIpc) is 3.40. The van der Waals surface area contributed by atoms with Crippen molar-refractivity contribution < 1.29 is 13.2 Å². The van der Waals surface area contributed by atoms with Gasteiger partial charge in [0.15, 0.2) is 0 Å². The first-order chi connectivity index (χ1) is 12.8. The number of hydrogen-bond donors (Lipinski definition) is 1. The molecule has 0 radical (unpaired) electrons. The summed E-state index contributed by atoms with van der Waals surface area (Å²) >= 11 is 0. The first-order valence-electron chi connectivity index (χ1n) is 9.33. The molecule has 0 bridgehead atoms. The molecule has 4 rings (SSSR count). The highest BCUT2D eigenvalue weighted by Crippen LogP contribution is 2.39. The van der Waals surface area contributed by atoms with Gasteiger partial charge >= 0.3 is 0 Å². The van der Waals surface area contributed by atoms with Crippen LogP contribution in [0.5, 0.6) is 0 Å². The lowest BCUT2D eigenvalue weighted by molar-refractivity contribution is -0.120. The molecule has 5 nitrogen and oxygen atoms in total. The van der Waals surface area contributed by atoms with Crippen LogP contribution in [0.2, 0.25) is 0 Å². The average molecular weight is 385 g/mol. The van der Waals surface area contributed by atoms with Gasteiger partial charge in [0.2, 0.25) is 5.91 Å². The molecule has 2 aromatic rings. The van der Waals surface area contributed by atoms with E-state index in [1.54, 1.807) is 24.3 Å². The number of carbonyl (C=O) groups is 1. The summed E-state index contributed by atoms with van der Waals surface area (Å²) in [6, 6.07) is 10.7. The monoisotopic (exact) mass is 384 g/mol. The van der Waals surface area contributed by atoms with E-state index in [2.05, 4.69) is 4.72 Å². The first-order valence-corrected chi connectivity index (χ1v) is 10.8. The zero-order chi connectivity index (χ0) is 19.3. The quantitative estimate of drug-likeness (QED) is 0.872. The molecule has 1 saturated carbocycles. The fraction of sp³-hybridized carbons (Fsp3) is 0.381. The Morgan fingerprint density at radius 1 is 1.15 bits per heavy atom. The molecule has 1 N–H and O–H groups in total. The van der Waals surface area contributed by atoms with E-state index in [1.165, 1.54) is 0 Å². The Balaban J connectivity index is 1.64. The fourth-order valence-corrected chi connectivity index (χ4v) is 4.88. The third kappa shape index (κ3) is 3.23. The number of rotatable bonds is 4. The van der Waals surface area contributed by atoms with Crippen molar-refractivity contribution in [3.63, 3.8) is 0 Å². The van der Waals surface area contributed by atoms with Crippen molar-refractivity contribution in [2.24, 2.45) is 5.92 Å². The summed E-state index contributed by atoms with van der Waals surface area (Å²) in [6.07, 6.45) is 2.61. The Bertz CT molecular complexity index is 1030. The number of benzene rings is 2. The van der Waals surface area contributed by atoms with Crippen molar-refractivity contribution in [2.75, 3.05) is 9.62 Å². The molecule has 6 heteroatoms. The second-order valence-electron chi connectivity index (χ2n) is 7.68. The van der Waals surface area contributed by atoms with Crippen molar-refractivity contribution in [2.45, 2.75) is 51.0 Å². The summed E-state index contributed by atoms with van der Waals surface area (Å²) in [4.78, 5) is 14.6. The van der Waals surface area contributed by atoms with Crippen LogP contribution in [0.25, 0.3) is 0 Å². The smallest absolute Gasteiger partial charge is 0.261 e. The Kier molecular flexibility index (Phi) is 4.26. The summed E-state index contributed by atoms with van der Waals surface area (Å²) in [5.74, 6) is 0.318. The maximum atomic E-state index is 12.9. The van der Waals surface area contributed by atoms with Crippen LogP contribution in [-0.2, 0) is 21.2 Å². The van der Waals surface area contributed by atoms with Crippen LogP contribution in [0.15, 0.2) is 41.3 Å². The molecule has 142 valence electrons. The molecule has 27 heavy (non-hydrogen) atoms. The zero-order valence-corrected chi connectivity index (χ0v) is 16.6. The van der Waals surface area contributed by atoms with Crippen LogP contribution < -0.4 is 9.62 Å². The number of anilines is 2. The Morgan fingerprint density at radius 2 is 1.89 bits per heavy atom. The molecule has 1 aliphatic carbocycles. The van der Waals surface area contributed by atoms with E-state index >= 15 is 0 Å². The van der Waals surface area contributed by atoms with Crippen molar-refractivity contribution in [3.05, 3.63) is 53.1 Å². The van der Waals surface area contributed by atoms with Gasteiger partial charge in [-0.3, -0.25) is 9.52 Å². The number of nitrogens with zero attached hydrogens (tertiary/aromatic N) is 1. The molecule has 1 fully saturated rings. The lowest BCUT2D eigenvalue weighted by Gasteiger charge is -2.22. The van der Waals surface area contributed by atoms with Gasteiger partial charge in [-0.05, 0) is 81.0 Å². The van der Waals surface area contributed by atoms with Crippen molar-refractivity contribution in [1.82, 2.24) is 0 Å². The molecular formula is C21H24N2O3S. The minimum Gasteiger partial charge on any atom is -0.309 e. The van der Waals surface area contributed by atoms with E-state index in [4.69, 9.17) is 0 Å². The molecule has 0 aromatic heterocycles. The number of hydrogen-bond acceptors (Lipinski definition) is 3. The van der Waals surface area contributed by atoms with Crippen LogP contribution in [0.1, 0.15) is 36.5 Å². The van der Waals surface area contributed by atoms with E-state index < -0.39 is 10.0 Å². The summed E-state index contributed by atoms with van der Waals surface area (Å²) < 4.78 is 28.5. The molecule has 1 atom stereocenters. The predicted octanol–water partition coefficient (Wildman–Crippen LogP) is 3.79. The molecule has 1 amide bonds. The van der Waals surface area contributed by atoms with Gasteiger partial charge < -0.3 is 4.90 Å². The SMILES string of the molecule is Cc1cccc(NS(=O)(=O)c2ccc3c(c2)CC(C)N3C(=O)C2CC2)c1C. The van der Waals surface area contributed by atoms with Gasteiger partial charge in [-0.15, -0.1) is 0 Å².